The van der Waals surface area contributed by atoms with E-state index in [0.29, 0.717) is 0 Å². The molecule has 3 N–H and O–H groups in total. The predicted molar refractivity (Wildman–Crippen MR) is 22.4 cm³/mol. The molecule has 0 saturated carbocycles. The largest absolute Gasteiger partial charge is 0.342 e. The number of carbonyl (C=O) groups excluding carboxylic acids is 1. The lowest BCUT2D eigenvalue weighted by Gasteiger charge is -2.07. The van der Waals surface area contributed by atoms with Crippen LogP contribution < -0.4 is 0 Å². The van der Waals surface area contributed by atoms with Gasteiger partial charge in [0.2, 0.25) is 6.08 Å². The second kappa shape index (κ2) is 2.54. The number of hydrogen-bond donors (Lipinski definition) is 3. The molecule has 0 aliphatic carbocycles. The standard InChI is InChI=1S/C3H5NO4/c5-2-4-1-3(6,7)8/h6-8H,1H2. The van der Waals surface area contributed by atoms with Crippen molar-refractivity contribution in [1.29, 1.82) is 0 Å². The Morgan fingerprint density at radius 2 is 2.00 bits per heavy atom. The van der Waals surface area contributed by atoms with Gasteiger partial charge < -0.3 is 15.3 Å². The van der Waals surface area contributed by atoms with Crippen molar-refractivity contribution in [3.8, 4) is 0 Å². The van der Waals surface area contributed by atoms with Gasteiger partial charge in [0.05, 0.1) is 0 Å². The summed E-state index contributed by atoms with van der Waals surface area (Å²) >= 11 is 0. The number of rotatable bonds is 2. The minimum Gasteiger partial charge on any atom is -0.342 e. The third kappa shape index (κ3) is 5.26. The van der Waals surface area contributed by atoms with Crippen LogP contribution in [0.15, 0.2) is 4.99 Å². The summed E-state index contributed by atoms with van der Waals surface area (Å²) in [6.45, 7) is -0.767. The Hall–Kier alpha value is -0.740. The third-order valence-corrected chi connectivity index (χ3v) is 0.356. The van der Waals surface area contributed by atoms with Gasteiger partial charge in [0.15, 0.2) is 0 Å². The van der Waals surface area contributed by atoms with Crippen LogP contribution in [-0.2, 0) is 4.79 Å². The highest BCUT2D eigenvalue weighted by Crippen LogP contribution is 1.89. The molecule has 46 valence electrons. The number of aliphatic imine (C=N–C) groups is 1. The van der Waals surface area contributed by atoms with Crippen LogP contribution in [0.1, 0.15) is 0 Å². The van der Waals surface area contributed by atoms with Crippen molar-refractivity contribution in [2.75, 3.05) is 6.54 Å². The summed E-state index contributed by atoms with van der Waals surface area (Å²) in [7, 11) is 0. The van der Waals surface area contributed by atoms with Crippen molar-refractivity contribution in [2.45, 2.75) is 5.97 Å². The maximum absolute atomic E-state index is 9.23. The Bertz CT molecular complexity index is 109. The van der Waals surface area contributed by atoms with E-state index in [9.17, 15) is 4.79 Å². The average molecular weight is 119 g/mol. The first-order chi connectivity index (χ1) is 3.56. The quantitative estimate of drug-likeness (QED) is 0.222. The van der Waals surface area contributed by atoms with E-state index in [0.717, 1.165) is 6.08 Å². The molecule has 0 heterocycles. The van der Waals surface area contributed by atoms with Crippen molar-refractivity contribution in [2.24, 2.45) is 4.99 Å². The summed E-state index contributed by atoms with van der Waals surface area (Å²) in [5.74, 6) is -2.88. The first kappa shape index (κ1) is 7.26. The highest BCUT2D eigenvalue weighted by Gasteiger charge is 2.15. The topological polar surface area (TPSA) is 90.1 Å². The molecule has 0 radical (unpaired) electrons. The van der Waals surface area contributed by atoms with Crippen LogP contribution in [0.25, 0.3) is 0 Å². The van der Waals surface area contributed by atoms with Crippen molar-refractivity contribution in [3.05, 3.63) is 0 Å². The summed E-state index contributed by atoms with van der Waals surface area (Å²) in [5, 5.41) is 24.0. The van der Waals surface area contributed by atoms with Gasteiger partial charge in [-0.2, -0.15) is 4.99 Å². The van der Waals surface area contributed by atoms with Gasteiger partial charge in [0.1, 0.15) is 6.54 Å². The van der Waals surface area contributed by atoms with Crippen LogP contribution in [-0.4, -0.2) is 33.9 Å². The number of aliphatic hydroxyl groups is 3. The Balaban J connectivity index is 3.55. The Morgan fingerprint density at radius 3 is 2.12 bits per heavy atom. The average Bonchev–Trinajstić information content (AvgIpc) is 1.59. The van der Waals surface area contributed by atoms with Crippen LogP contribution in [0.2, 0.25) is 0 Å². The minimum absolute atomic E-state index is 0.767. The van der Waals surface area contributed by atoms with Crippen LogP contribution >= 0.6 is 0 Å². The lowest BCUT2D eigenvalue weighted by Crippen LogP contribution is -2.30. The molecular formula is C3H5NO4. The molecule has 8 heavy (non-hydrogen) atoms. The number of isocyanates is 1. The van der Waals surface area contributed by atoms with Gasteiger partial charge in [-0.3, -0.25) is 0 Å². The van der Waals surface area contributed by atoms with E-state index in [1.807, 2.05) is 0 Å². The summed E-state index contributed by atoms with van der Waals surface area (Å²) in [4.78, 5) is 11.9. The number of nitrogens with zero attached hydrogens (tertiary/aromatic N) is 1. The molecule has 0 aromatic rings. The highest BCUT2D eigenvalue weighted by molar-refractivity contribution is 5.32. The van der Waals surface area contributed by atoms with E-state index < -0.39 is 12.5 Å². The van der Waals surface area contributed by atoms with E-state index >= 15 is 0 Å². The Morgan fingerprint density at radius 1 is 1.50 bits per heavy atom. The monoisotopic (exact) mass is 119 g/mol. The normalized spacial score (nSPS) is 10.4. The van der Waals surface area contributed by atoms with Crippen molar-refractivity contribution in [3.63, 3.8) is 0 Å². The first-order valence-electron chi connectivity index (χ1n) is 1.77. The lowest BCUT2D eigenvalue weighted by atomic mass is 10.6. The zero-order valence-corrected chi connectivity index (χ0v) is 3.90. The minimum atomic E-state index is -2.88. The van der Waals surface area contributed by atoms with Gasteiger partial charge in [-0.15, -0.1) is 0 Å². The zero-order chi connectivity index (χ0) is 6.62. The molecule has 0 bridgehead atoms. The van der Waals surface area contributed by atoms with E-state index in [1.54, 1.807) is 0 Å². The van der Waals surface area contributed by atoms with Crippen LogP contribution in [0.3, 0.4) is 0 Å². The smallest absolute Gasteiger partial charge is 0.297 e. The molecular weight excluding hydrogens is 114 g/mol. The fourth-order valence-electron chi connectivity index (χ4n) is 0.138. The SMILES string of the molecule is O=C=NCC(O)(O)O. The van der Waals surface area contributed by atoms with Crippen LogP contribution in [0.4, 0.5) is 0 Å². The van der Waals surface area contributed by atoms with Gasteiger partial charge in [-0.1, -0.05) is 0 Å². The third-order valence-electron chi connectivity index (χ3n) is 0.356. The summed E-state index contributed by atoms with van der Waals surface area (Å²) in [5.41, 5.74) is 0. The molecule has 0 atom stereocenters. The van der Waals surface area contributed by atoms with E-state index in [4.69, 9.17) is 15.3 Å². The fraction of sp³-hybridized carbons (Fsp3) is 0.667. The Kier molecular flexibility index (Phi) is 2.30. The van der Waals surface area contributed by atoms with Crippen LogP contribution in [0, 0.1) is 0 Å². The van der Waals surface area contributed by atoms with Crippen LogP contribution in [0.5, 0.6) is 0 Å². The maximum Gasteiger partial charge on any atom is 0.297 e. The van der Waals surface area contributed by atoms with E-state index in [2.05, 4.69) is 4.99 Å². The van der Waals surface area contributed by atoms with Crippen molar-refractivity contribution < 1.29 is 20.1 Å². The summed E-state index contributed by atoms with van der Waals surface area (Å²) in [6.07, 6.45) is 1.02. The molecule has 0 spiro atoms. The first-order valence-corrected chi connectivity index (χ1v) is 1.77. The molecule has 0 fully saturated rings. The fourth-order valence-corrected chi connectivity index (χ4v) is 0.138. The van der Waals surface area contributed by atoms with E-state index in [-0.39, 0.29) is 0 Å². The van der Waals surface area contributed by atoms with Gasteiger partial charge in [0, 0.05) is 0 Å². The maximum atomic E-state index is 9.23. The van der Waals surface area contributed by atoms with Crippen molar-refractivity contribution in [1.82, 2.24) is 0 Å². The van der Waals surface area contributed by atoms with Crippen molar-refractivity contribution >= 4 is 6.08 Å². The van der Waals surface area contributed by atoms with Gasteiger partial charge >= 0.3 is 0 Å². The van der Waals surface area contributed by atoms with Gasteiger partial charge in [-0.05, 0) is 0 Å². The molecule has 0 aliphatic heterocycles. The Labute approximate surface area is 44.9 Å². The molecule has 5 nitrogen and oxygen atoms in total. The predicted octanol–water partition coefficient (Wildman–Crippen LogP) is -2.05. The van der Waals surface area contributed by atoms with Gasteiger partial charge in [0.25, 0.3) is 5.97 Å². The van der Waals surface area contributed by atoms with E-state index in [1.165, 1.54) is 0 Å². The zero-order valence-electron chi connectivity index (χ0n) is 3.90. The second-order valence-corrected chi connectivity index (χ2v) is 1.18. The lowest BCUT2D eigenvalue weighted by molar-refractivity contribution is -0.302. The second-order valence-electron chi connectivity index (χ2n) is 1.18. The molecule has 0 aromatic heterocycles. The summed E-state index contributed by atoms with van der Waals surface area (Å²) < 4.78 is 0. The van der Waals surface area contributed by atoms with Gasteiger partial charge in [-0.25, -0.2) is 4.79 Å². The molecule has 0 aliphatic rings. The molecule has 0 amide bonds. The highest BCUT2D eigenvalue weighted by atomic mass is 16.7. The molecule has 0 unspecified atom stereocenters. The molecule has 0 rings (SSSR count). The molecule has 0 saturated heterocycles. The molecule has 0 aromatic carbocycles. The molecule has 5 heteroatoms. The summed E-state index contributed by atoms with van der Waals surface area (Å²) in [6, 6.07) is 0. The number of hydrogen-bond acceptors (Lipinski definition) is 5.